The number of carbonyl (C=O) groups is 2. The average molecular weight is 735 g/mol. The first-order valence-electron chi connectivity index (χ1n) is 16.0. The molecular formula is C37H38N10O5S+2. The number of rotatable bonds is 9. The highest BCUT2D eigenvalue weighted by molar-refractivity contribution is 7.85. The molecule has 0 saturated carbocycles. The molecule has 53 heavy (non-hydrogen) atoms. The van der Waals surface area contributed by atoms with Crippen LogP contribution in [0.4, 0.5) is 46.3 Å². The van der Waals surface area contributed by atoms with Crippen molar-refractivity contribution in [3.8, 4) is 0 Å². The Labute approximate surface area is 306 Å². The minimum atomic E-state index is -4.02. The number of nitrogens with two attached hydrogens (primary N) is 2. The molecular weight excluding hydrogens is 697 g/mol. The van der Waals surface area contributed by atoms with Gasteiger partial charge in [0.2, 0.25) is 11.6 Å². The molecule has 0 saturated heterocycles. The Morgan fingerprint density at radius 2 is 0.943 bits per heavy atom. The summed E-state index contributed by atoms with van der Waals surface area (Å²) in [6.45, 7) is 1.84. The van der Waals surface area contributed by atoms with E-state index in [0.717, 1.165) is 16.9 Å². The summed E-state index contributed by atoms with van der Waals surface area (Å²) in [5.41, 5.74) is 16.3. The molecule has 6 aromatic rings. The number of benzene rings is 4. The highest BCUT2D eigenvalue weighted by Crippen LogP contribution is 2.20. The summed E-state index contributed by atoms with van der Waals surface area (Å²) in [4.78, 5) is 34.0. The van der Waals surface area contributed by atoms with Gasteiger partial charge in [-0.05, 0) is 91.9 Å². The van der Waals surface area contributed by atoms with Crippen molar-refractivity contribution in [2.24, 2.45) is 14.1 Å². The Balaban J connectivity index is 0.000000422. The number of amides is 2. The topological polar surface area (TPSA) is 222 Å². The fourth-order valence-electron chi connectivity index (χ4n) is 4.60. The second-order valence-electron chi connectivity index (χ2n) is 11.7. The molecule has 2 aromatic heterocycles. The Morgan fingerprint density at radius 3 is 1.28 bits per heavy atom. The molecule has 2 amide bonds. The fraction of sp³-hybridized carbons (Fsp3) is 0.0811. The van der Waals surface area contributed by atoms with Crippen LogP contribution in [0, 0.1) is 6.92 Å². The van der Waals surface area contributed by atoms with Gasteiger partial charge < -0.3 is 21.3 Å². The SMILES string of the molecule is C[n+]1ccc(Nc2ccc(NC(=O)c3ccc(C(=O)Nc4ccc(Nc5cc[n+](C)c(N)n5)cc4)cc3)cc2)nc1N.Cc1ccc(S(=O)(=O)O)cc1. The van der Waals surface area contributed by atoms with Crippen molar-refractivity contribution >= 4 is 68.2 Å². The maximum Gasteiger partial charge on any atom is 0.391 e. The van der Waals surface area contributed by atoms with Crippen molar-refractivity contribution in [2.45, 2.75) is 11.8 Å². The number of aromatic nitrogens is 4. The summed E-state index contributed by atoms with van der Waals surface area (Å²) >= 11 is 0. The summed E-state index contributed by atoms with van der Waals surface area (Å²) in [6.07, 6.45) is 3.62. The van der Waals surface area contributed by atoms with Gasteiger partial charge in [0.15, 0.2) is 0 Å². The number of hydrogen-bond acceptors (Lipinski definition) is 10. The molecule has 2 heterocycles. The number of aryl methyl sites for hydroxylation is 3. The van der Waals surface area contributed by atoms with E-state index >= 15 is 0 Å². The third-order valence-electron chi connectivity index (χ3n) is 7.66. The summed E-state index contributed by atoms with van der Waals surface area (Å²) in [5.74, 6) is 1.41. The van der Waals surface area contributed by atoms with Crippen molar-refractivity contribution in [1.82, 2.24) is 9.97 Å². The Kier molecular flexibility index (Phi) is 11.6. The van der Waals surface area contributed by atoms with Gasteiger partial charge in [0.25, 0.3) is 21.9 Å². The number of hydrogen-bond donors (Lipinski definition) is 7. The molecule has 15 nitrogen and oxygen atoms in total. The number of anilines is 8. The zero-order chi connectivity index (χ0) is 38.1. The predicted molar refractivity (Wildman–Crippen MR) is 202 cm³/mol. The monoisotopic (exact) mass is 734 g/mol. The second kappa shape index (κ2) is 16.4. The van der Waals surface area contributed by atoms with E-state index in [9.17, 15) is 18.0 Å². The lowest BCUT2D eigenvalue weighted by Gasteiger charge is -2.09. The lowest BCUT2D eigenvalue weighted by Crippen LogP contribution is -2.32. The molecule has 4 aromatic carbocycles. The van der Waals surface area contributed by atoms with Crippen LogP contribution in [-0.2, 0) is 24.2 Å². The van der Waals surface area contributed by atoms with Gasteiger partial charge in [-0.15, -0.1) is 0 Å². The van der Waals surface area contributed by atoms with Crippen molar-refractivity contribution < 1.29 is 31.7 Å². The lowest BCUT2D eigenvalue weighted by atomic mass is 10.1. The summed E-state index contributed by atoms with van der Waals surface area (Å²) in [6, 6.07) is 30.5. The van der Waals surface area contributed by atoms with Crippen LogP contribution in [0.15, 0.2) is 126 Å². The summed E-state index contributed by atoms with van der Waals surface area (Å²) in [7, 11) is -0.394. The molecule has 0 bridgehead atoms. The van der Waals surface area contributed by atoms with Gasteiger partial charge in [0.05, 0.1) is 31.4 Å². The van der Waals surface area contributed by atoms with E-state index in [1.165, 1.54) is 12.1 Å². The third kappa shape index (κ3) is 10.5. The van der Waals surface area contributed by atoms with E-state index in [1.807, 2.05) is 69.8 Å². The minimum absolute atomic E-state index is 0.0666. The molecule has 0 aliphatic carbocycles. The van der Waals surface area contributed by atoms with Gasteiger partial charge in [0, 0.05) is 46.0 Å². The zero-order valence-electron chi connectivity index (χ0n) is 29.0. The van der Waals surface area contributed by atoms with Crippen LogP contribution >= 0.6 is 0 Å². The zero-order valence-corrected chi connectivity index (χ0v) is 29.8. The van der Waals surface area contributed by atoms with Crippen molar-refractivity contribution in [3.63, 3.8) is 0 Å². The second-order valence-corrected chi connectivity index (χ2v) is 13.2. The van der Waals surface area contributed by atoms with Crippen LogP contribution in [0.5, 0.6) is 0 Å². The molecule has 6 rings (SSSR count). The average Bonchev–Trinajstić information content (AvgIpc) is 3.13. The number of nitrogen functional groups attached to an aromatic ring is 2. The standard InChI is InChI=1S/C30H28N10O2.C7H8O3S/c1-39-17-15-25(37-29(39)31)33-21-7-11-23(12-8-21)35-27(41)19-3-5-20(6-4-19)28(42)36-24-13-9-22(10-14-24)34-26-16-18-40(2)30(32)38-26;1-6-2-4-7(5-3-6)11(8,9)10/h3-18H,1-2H3,(H6,31,32,33,34,35,36,37,38,41,42);2-5H,1H3,(H,8,9,10)/p+2. The van der Waals surface area contributed by atoms with Crippen LogP contribution in [0.1, 0.15) is 26.3 Å². The Hall–Kier alpha value is -6.91. The molecule has 0 aliphatic heterocycles. The molecule has 270 valence electrons. The first kappa shape index (κ1) is 37.3. The van der Waals surface area contributed by atoms with E-state index in [0.29, 0.717) is 46.0 Å². The maximum absolute atomic E-state index is 12.8. The number of nitrogens with zero attached hydrogens (tertiary/aromatic N) is 4. The van der Waals surface area contributed by atoms with Gasteiger partial charge in [-0.3, -0.25) is 25.6 Å². The van der Waals surface area contributed by atoms with Crippen molar-refractivity contribution in [1.29, 1.82) is 0 Å². The Morgan fingerprint density at radius 1 is 0.585 bits per heavy atom. The molecule has 9 N–H and O–H groups in total. The normalized spacial score (nSPS) is 10.7. The lowest BCUT2D eigenvalue weighted by molar-refractivity contribution is -0.659. The van der Waals surface area contributed by atoms with Crippen LogP contribution < -0.4 is 41.9 Å². The third-order valence-corrected chi connectivity index (χ3v) is 8.53. The van der Waals surface area contributed by atoms with Gasteiger partial charge >= 0.3 is 11.9 Å². The first-order valence-corrected chi connectivity index (χ1v) is 17.4. The van der Waals surface area contributed by atoms with Gasteiger partial charge in [-0.1, -0.05) is 27.7 Å². The molecule has 0 spiro atoms. The van der Waals surface area contributed by atoms with Crippen LogP contribution in [0.25, 0.3) is 0 Å². The first-order chi connectivity index (χ1) is 25.2. The summed E-state index contributed by atoms with van der Waals surface area (Å²) in [5, 5.41) is 12.1. The molecule has 0 atom stereocenters. The van der Waals surface area contributed by atoms with E-state index in [4.69, 9.17) is 16.0 Å². The van der Waals surface area contributed by atoms with Crippen LogP contribution in [0.2, 0.25) is 0 Å². The Bertz CT molecular complexity index is 2210. The quantitative estimate of drug-likeness (QED) is 0.0808. The van der Waals surface area contributed by atoms with E-state index < -0.39 is 10.1 Å². The summed E-state index contributed by atoms with van der Waals surface area (Å²) < 4.78 is 33.0. The highest BCUT2D eigenvalue weighted by atomic mass is 32.2. The van der Waals surface area contributed by atoms with Crippen LogP contribution in [0.3, 0.4) is 0 Å². The fourth-order valence-corrected chi connectivity index (χ4v) is 5.08. The van der Waals surface area contributed by atoms with Gasteiger partial charge in [-0.2, -0.15) is 8.42 Å². The van der Waals surface area contributed by atoms with Crippen LogP contribution in [-0.4, -0.2) is 34.8 Å². The smallest absolute Gasteiger partial charge is 0.326 e. The maximum atomic E-state index is 12.8. The molecule has 16 heteroatoms. The number of carbonyl (C=O) groups excluding carboxylic acids is 2. The van der Waals surface area contributed by atoms with Gasteiger partial charge in [0.1, 0.15) is 0 Å². The largest absolute Gasteiger partial charge is 0.391 e. The highest BCUT2D eigenvalue weighted by Gasteiger charge is 2.12. The van der Waals surface area contributed by atoms with Gasteiger partial charge in [-0.25, -0.2) is 9.13 Å². The van der Waals surface area contributed by atoms with Crippen molar-refractivity contribution in [2.75, 3.05) is 32.7 Å². The number of nitrogens with one attached hydrogen (secondary N) is 4. The molecule has 0 fully saturated rings. The minimum Gasteiger partial charge on any atom is -0.326 e. The van der Waals surface area contributed by atoms with E-state index in [-0.39, 0.29) is 16.7 Å². The predicted octanol–water partition coefficient (Wildman–Crippen LogP) is 4.52. The van der Waals surface area contributed by atoms with E-state index in [2.05, 4.69) is 31.2 Å². The molecule has 0 unspecified atom stereocenters. The molecule has 0 radical (unpaired) electrons. The molecule has 0 aliphatic rings. The van der Waals surface area contributed by atoms with Crippen molar-refractivity contribution in [3.05, 3.63) is 138 Å². The van der Waals surface area contributed by atoms with E-state index in [1.54, 1.807) is 69.8 Å².